The summed E-state index contributed by atoms with van der Waals surface area (Å²) in [6.07, 6.45) is -9.10. The lowest BCUT2D eigenvalue weighted by Gasteiger charge is -2.21. The molecule has 11 heteroatoms. The number of alkyl halides is 6. The zero-order chi connectivity index (χ0) is 41.4. The van der Waals surface area contributed by atoms with E-state index in [0.717, 1.165) is 28.8 Å². The number of nitrogens with zero attached hydrogens (tertiary/aromatic N) is 1. The second-order valence-corrected chi connectivity index (χ2v) is 13.1. The van der Waals surface area contributed by atoms with Crippen molar-refractivity contribution in [2.24, 2.45) is 0 Å². The topological polar surface area (TPSA) is 72.8 Å². The molecular weight excluding hydrogens is 743 g/mol. The van der Waals surface area contributed by atoms with Crippen LogP contribution >= 0.6 is 0 Å². The van der Waals surface area contributed by atoms with E-state index in [2.05, 4.69) is 5.32 Å². The Morgan fingerprint density at radius 2 is 0.982 bits per heavy atom. The van der Waals surface area contributed by atoms with Gasteiger partial charge in [0.05, 0.1) is 23.3 Å². The molecule has 5 nitrogen and oxygen atoms in total. The second kappa shape index (κ2) is 21.1. The van der Waals surface area contributed by atoms with Gasteiger partial charge in [-0.2, -0.15) is 26.3 Å². The summed E-state index contributed by atoms with van der Waals surface area (Å²) in [4.78, 5) is 12.5. The van der Waals surface area contributed by atoms with Gasteiger partial charge in [-0.3, -0.25) is 9.69 Å². The average Bonchev–Trinajstić information content (AvgIpc) is 3.22. The van der Waals surface area contributed by atoms with Gasteiger partial charge in [0, 0.05) is 25.2 Å². The minimum atomic E-state index is -4.39. The van der Waals surface area contributed by atoms with Crippen LogP contribution in [0.25, 0.3) is 22.3 Å². The molecule has 2 atom stereocenters. The Bertz CT molecular complexity index is 2090. The molecule has 0 aliphatic carbocycles. The fraction of sp³-hybridized carbons (Fsp3) is 0.196. The SMILES string of the molecule is CN(Cc1ccc(-c2ccccc2C(F)(F)F)cc1)C[C@H](O)c1ccccc1.CNCC(O)c1ccccc1.O=Cc1ccc(-c2ccccc2C(F)(F)F)cc1. The van der Waals surface area contributed by atoms with Gasteiger partial charge < -0.3 is 15.5 Å². The van der Waals surface area contributed by atoms with Crippen LogP contribution in [0.4, 0.5) is 26.3 Å². The third kappa shape index (κ3) is 13.5. The van der Waals surface area contributed by atoms with Crippen molar-refractivity contribution >= 4 is 6.29 Å². The molecule has 1 unspecified atom stereocenters. The number of carbonyl (C=O) groups is 1. The Hall–Kier alpha value is -5.59. The highest BCUT2D eigenvalue weighted by atomic mass is 19.4. The Balaban J connectivity index is 0.000000211. The first-order valence-corrected chi connectivity index (χ1v) is 18.0. The van der Waals surface area contributed by atoms with Crippen molar-refractivity contribution in [3.05, 3.63) is 191 Å². The minimum Gasteiger partial charge on any atom is -0.387 e. The van der Waals surface area contributed by atoms with Crippen molar-refractivity contribution in [2.75, 3.05) is 27.2 Å². The fourth-order valence-electron chi connectivity index (χ4n) is 5.93. The Morgan fingerprint density at radius 1 is 0.579 bits per heavy atom. The molecule has 0 saturated carbocycles. The maximum absolute atomic E-state index is 13.2. The number of hydrogen-bond acceptors (Lipinski definition) is 5. The highest BCUT2D eigenvalue weighted by Crippen LogP contribution is 2.38. The van der Waals surface area contributed by atoms with Crippen molar-refractivity contribution < 1.29 is 41.4 Å². The maximum Gasteiger partial charge on any atom is 0.417 e. The first kappa shape index (κ1) is 44.1. The maximum atomic E-state index is 13.2. The number of hydrogen-bond donors (Lipinski definition) is 3. The second-order valence-electron chi connectivity index (χ2n) is 13.1. The molecule has 0 fully saturated rings. The van der Waals surface area contributed by atoms with E-state index in [1.54, 1.807) is 24.3 Å². The number of rotatable bonds is 11. The van der Waals surface area contributed by atoms with Crippen LogP contribution in [0, 0.1) is 0 Å². The van der Waals surface area contributed by atoms with Crippen molar-refractivity contribution in [1.82, 2.24) is 10.2 Å². The molecule has 0 amide bonds. The van der Waals surface area contributed by atoms with Crippen LogP contribution in [0.2, 0.25) is 0 Å². The molecule has 6 aromatic rings. The van der Waals surface area contributed by atoms with Crippen LogP contribution in [0.3, 0.4) is 0 Å². The molecule has 6 rings (SSSR count). The molecule has 0 aliphatic rings. The summed E-state index contributed by atoms with van der Waals surface area (Å²) in [5.41, 5.74) is 3.17. The zero-order valence-corrected chi connectivity index (χ0v) is 31.4. The number of likely N-dealkylation sites (N-methyl/N-ethyl adjacent to an activating group) is 2. The van der Waals surface area contributed by atoms with E-state index >= 15 is 0 Å². The summed E-state index contributed by atoms with van der Waals surface area (Å²) < 4.78 is 78.1. The molecule has 57 heavy (non-hydrogen) atoms. The third-order valence-corrected chi connectivity index (χ3v) is 8.79. The van der Waals surface area contributed by atoms with E-state index in [9.17, 15) is 41.4 Å². The smallest absolute Gasteiger partial charge is 0.387 e. The van der Waals surface area contributed by atoms with Gasteiger partial charge in [-0.05, 0) is 65.2 Å². The quantitative estimate of drug-likeness (QED) is 0.0901. The molecule has 0 aliphatic heterocycles. The number of benzene rings is 6. The van der Waals surface area contributed by atoms with Crippen molar-refractivity contribution in [2.45, 2.75) is 31.1 Å². The molecule has 0 aromatic heterocycles. The van der Waals surface area contributed by atoms with Gasteiger partial charge in [-0.1, -0.05) is 146 Å². The number of aldehydes is 1. The van der Waals surface area contributed by atoms with Gasteiger partial charge in [-0.15, -0.1) is 0 Å². The van der Waals surface area contributed by atoms with Gasteiger partial charge in [0.25, 0.3) is 0 Å². The summed E-state index contributed by atoms with van der Waals surface area (Å²) in [6, 6.07) is 43.1. The summed E-state index contributed by atoms with van der Waals surface area (Å²) in [6.45, 7) is 1.65. The lowest BCUT2D eigenvalue weighted by atomic mass is 9.98. The van der Waals surface area contributed by atoms with Crippen LogP contribution < -0.4 is 5.32 Å². The highest BCUT2D eigenvalue weighted by Gasteiger charge is 2.34. The number of carbonyl (C=O) groups excluding carboxylic acids is 1. The van der Waals surface area contributed by atoms with Gasteiger partial charge in [-0.25, -0.2) is 0 Å². The third-order valence-electron chi connectivity index (χ3n) is 8.79. The molecule has 0 heterocycles. The molecule has 0 radical (unpaired) electrons. The molecule has 298 valence electrons. The van der Waals surface area contributed by atoms with E-state index in [0.29, 0.717) is 42.6 Å². The fourth-order valence-corrected chi connectivity index (χ4v) is 5.93. The number of aliphatic hydroxyl groups excluding tert-OH is 2. The summed E-state index contributed by atoms with van der Waals surface area (Å²) in [5, 5.41) is 22.7. The van der Waals surface area contributed by atoms with E-state index in [1.165, 1.54) is 48.5 Å². The van der Waals surface area contributed by atoms with Crippen LogP contribution in [-0.4, -0.2) is 48.6 Å². The van der Waals surface area contributed by atoms with Gasteiger partial charge in [0.2, 0.25) is 0 Å². The molecular formula is C46H44F6N2O3. The lowest BCUT2D eigenvalue weighted by Crippen LogP contribution is -2.24. The lowest BCUT2D eigenvalue weighted by molar-refractivity contribution is -0.137. The normalized spacial score (nSPS) is 12.4. The van der Waals surface area contributed by atoms with E-state index < -0.39 is 29.6 Å². The molecule has 0 bridgehead atoms. The predicted octanol–water partition coefficient (Wildman–Crippen LogP) is 10.7. The molecule has 0 saturated heterocycles. The van der Waals surface area contributed by atoms with Crippen LogP contribution in [0.5, 0.6) is 0 Å². The largest absolute Gasteiger partial charge is 0.417 e. The minimum absolute atomic E-state index is 0.113. The van der Waals surface area contributed by atoms with Gasteiger partial charge in [0.15, 0.2) is 0 Å². The van der Waals surface area contributed by atoms with E-state index in [1.807, 2.05) is 91.8 Å². The van der Waals surface area contributed by atoms with Crippen LogP contribution in [-0.2, 0) is 18.9 Å². The van der Waals surface area contributed by atoms with Gasteiger partial charge in [0.1, 0.15) is 6.29 Å². The molecule has 6 aromatic carbocycles. The van der Waals surface area contributed by atoms with E-state index in [-0.39, 0.29) is 17.2 Å². The van der Waals surface area contributed by atoms with Crippen molar-refractivity contribution in [3.8, 4) is 22.3 Å². The predicted molar refractivity (Wildman–Crippen MR) is 212 cm³/mol. The number of nitrogens with one attached hydrogen (secondary N) is 1. The Morgan fingerprint density at radius 3 is 1.40 bits per heavy atom. The summed E-state index contributed by atoms with van der Waals surface area (Å²) in [7, 11) is 3.73. The van der Waals surface area contributed by atoms with E-state index in [4.69, 9.17) is 0 Å². The standard InChI is InChI=1S/C23H22F3NO.C14H9F3O.C9H13NO/c1-27(16-22(28)19-7-3-2-4-8-19)15-17-11-13-18(14-12-17)20-9-5-6-10-21(20)23(24,25)26;15-14(16,17)13-4-2-1-3-12(13)11-7-5-10(9-18)6-8-11;1-10-7-9(11)8-5-3-2-4-6-8/h2-14,22,28H,15-16H2,1H3;1-9H;2-6,9-11H,7H2,1H3/t22-;;/m0../s1. The van der Waals surface area contributed by atoms with Crippen LogP contribution in [0.1, 0.15) is 50.4 Å². The zero-order valence-electron chi connectivity index (χ0n) is 31.4. The number of aliphatic hydroxyl groups is 2. The number of halogens is 6. The van der Waals surface area contributed by atoms with Crippen molar-refractivity contribution in [3.63, 3.8) is 0 Å². The van der Waals surface area contributed by atoms with Crippen LogP contribution in [0.15, 0.2) is 158 Å². The average molecular weight is 787 g/mol. The first-order valence-electron chi connectivity index (χ1n) is 18.0. The van der Waals surface area contributed by atoms with Gasteiger partial charge >= 0.3 is 12.4 Å². The summed E-state index contributed by atoms with van der Waals surface area (Å²) >= 11 is 0. The monoisotopic (exact) mass is 786 g/mol. The highest BCUT2D eigenvalue weighted by molar-refractivity contribution is 5.77. The first-order chi connectivity index (χ1) is 27.2. The summed E-state index contributed by atoms with van der Waals surface area (Å²) in [5.74, 6) is 0. The Kier molecular flexibility index (Phi) is 16.3. The molecule has 0 spiro atoms. The molecule has 3 N–H and O–H groups in total. The Labute approximate surface area is 328 Å². The van der Waals surface area contributed by atoms with Crippen molar-refractivity contribution in [1.29, 1.82) is 0 Å².